The van der Waals surface area contributed by atoms with E-state index in [2.05, 4.69) is 5.32 Å². The molecule has 98 valence electrons. The average molecular weight is 260 g/mol. The lowest BCUT2D eigenvalue weighted by Gasteiger charge is -2.23. The molecule has 0 spiro atoms. The molecule has 0 aromatic carbocycles. The van der Waals surface area contributed by atoms with Crippen LogP contribution in [0.2, 0.25) is 0 Å². The van der Waals surface area contributed by atoms with Gasteiger partial charge in [0.05, 0.1) is 0 Å². The average Bonchev–Trinajstić information content (AvgIpc) is 3.09. The molecule has 0 aromatic rings. The smallest absolute Gasteiger partial charge is 0.326 e. The molecular weight excluding hydrogens is 240 g/mol. The summed E-state index contributed by atoms with van der Waals surface area (Å²) in [6, 6.07) is -0.707. The minimum atomic E-state index is -0.959. The van der Waals surface area contributed by atoms with Crippen molar-refractivity contribution in [2.24, 2.45) is 0 Å². The van der Waals surface area contributed by atoms with Gasteiger partial charge in [0.15, 0.2) is 0 Å². The minimum absolute atomic E-state index is 0.247. The number of nitrogens with zero attached hydrogens (tertiary/aromatic N) is 1. The van der Waals surface area contributed by atoms with Gasteiger partial charge < -0.3 is 15.3 Å². The van der Waals surface area contributed by atoms with Gasteiger partial charge in [-0.05, 0) is 38.2 Å². The molecule has 17 heavy (non-hydrogen) atoms. The molecule has 1 fully saturated rings. The summed E-state index contributed by atoms with van der Waals surface area (Å²) in [6.07, 6.45) is 4.45. The lowest BCUT2D eigenvalue weighted by atomic mass is 10.2. The van der Waals surface area contributed by atoms with Crippen LogP contribution < -0.4 is 5.32 Å². The van der Waals surface area contributed by atoms with Gasteiger partial charge in [0.2, 0.25) is 0 Å². The first-order valence-corrected chi connectivity index (χ1v) is 7.28. The van der Waals surface area contributed by atoms with Gasteiger partial charge in [-0.1, -0.05) is 0 Å². The molecule has 1 atom stereocenters. The van der Waals surface area contributed by atoms with E-state index in [1.165, 1.54) is 0 Å². The summed E-state index contributed by atoms with van der Waals surface area (Å²) >= 11 is 1.58. The molecule has 1 saturated carbocycles. The zero-order valence-electron chi connectivity index (χ0n) is 10.3. The fourth-order valence-corrected chi connectivity index (χ4v) is 2.15. The van der Waals surface area contributed by atoms with Crippen molar-refractivity contribution in [2.75, 3.05) is 18.6 Å². The highest BCUT2D eigenvalue weighted by Gasteiger charge is 2.33. The molecule has 2 amide bonds. The van der Waals surface area contributed by atoms with Crippen molar-refractivity contribution in [1.82, 2.24) is 10.2 Å². The lowest BCUT2D eigenvalue weighted by molar-refractivity contribution is -0.139. The number of urea groups is 1. The number of rotatable bonds is 7. The molecular formula is C11H20N2O3S. The number of nitrogens with one attached hydrogen (secondary N) is 1. The lowest BCUT2D eigenvalue weighted by Crippen LogP contribution is -2.48. The maximum Gasteiger partial charge on any atom is 0.326 e. The summed E-state index contributed by atoms with van der Waals surface area (Å²) in [5.74, 6) is -0.230. The molecule has 5 nitrogen and oxygen atoms in total. The van der Waals surface area contributed by atoms with E-state index in [0.29, 0.717) is 19.0 Å². The van der Waals surface area contributed by atoms with Crippen LogP contribution in [0.1, 0.15) is 26.2 Å². The Bertz CT molecular complexity index is 282. The normalized spacial score (nSPS) is 16.4. The molecule has 1 aliphatic rings. The zero-order chi connectivity index (χ0) is 12.8. The van der Waals surface area contributed by atoms with E-state index in [1.54, 1.807) is 16.7 Å². The maximum atomic E-state index is 11.9. The van der Waals surface area contributed by atoms with Crippen LogP contribution in [-0.2, 0) is 4.79 Å². The topological polar surface area (TPSA) is 69.6 Å². The number of hydrogen-bond acceptors (Lipinski definition) is 3. The third-order valence-corrected chi connectivity index (χ3v) is 3.44. The number of amides is 2. The molecule has 1 aliphatic carbocycles. The number of carboxylic acids is 1. The highest BCUT2D eigenvalue weighted by Crippen LogP contribution is 2.26. The van der Waals surface area contributed by atoms with Crippen LogP contribution in [0.15, 0.2) is 0 Å². The first-order chi connectivity index (χ1) is 8.10. The van der Waals surface area contributed by atoms with E-state index in [4.69, 9.17) is 5.11 Å². The first-order valence-electron chi connectivity index (χ1n) is 5.89. The predicted molar refractivity (Wildman–Crippen MR) is 68.4 cm³/mol. The third-order valence-electron chi connectivity index (χ3n) is 2.80. The van der Waals surface area contributed by atoms with Crippen molar-refractivity contribution in [1.29, 1.82) is 0 Å². The highest BCUT2D eigenvalue weighted by molar-refractivity contribution is 7.98. The van der Waals surface area contributed by atoms with Crippen molar-refractivity contribution in [3.8, 4) is 0 Å². The van der Waals surface area contributed by atoms with Gasteiger partial charge in [0, 0.05) is 12.6 Å². The van der Waals surface area contributed by atoms with Crippen LogP contribution in [0, 0.1) is 0 Å². The molecule has 0 saturated heterocycles. The summed E-state index contributed by atoms with van der Waals surface area (Å²) in [6.45, 7) is 2.54. The van der Waals surface area contributed by atoms with E-state index < -0.39 is 12.0 Å². The number of thioether (sulfide) groups is 1. The molecule has 0 heterocycles. The fraction of sp³-hybridized carbons (Fsp3) is 0.818. The van der Waals surface area contributed by atoms with Crippen molar-refractivity contribution in [3.63, 3.8) is 0 Å². The predicted octanol–water partition coefficient (Wildman–Crippen LogP) is 1.39. The van der Waals surface area contributed by atoms with Crippen molar-refractivity contribution < 1.29 is 14.7 Å². The highest BCUT2D eigenvalue weighted by atomic mass is 32.2. The monoisotopic (exact) mass is 260 g/mol. The van der Waals surface area contributed by atoms with Crippen LogP contribution >= 0.6 is 11.8 Å². The third kappa shape index (κ3) is 4.46. The van der Waals surface area contributed by atoms with Gasteiger partial charge in [-0.15, -0.1) is 0 Å². The molecule has 0 unspecified atom stereocenters. The molecule has 0 bridgehead atoms. The second-order valence-corrected chi connectivity index (χ2v) is 5.12. The number of carbonyl (C=O) groups is 2. The summed E-state index contributed by atoms with van der Waals surface area (Å²) in [5, 5.41) is 11.6. The van der Waals surface area contributed by atoms with Crippen LogP contribution in [0.25, 0.3) is 0 Å². The molecule has 2 N–H and O–H groups in total. The molecule has 1 rings (SSSR count). The number of aliphatic carboxylic acids is 1. The van der Waals surface area contributed by atoms with Crippen LogP contribution in [-0.4, -0.2) is 52.6 Å². The number of hydrogen-bond donors (Lipinski definition) is 2. The first kappa shape index (κ1) is 14.2. The second kappa shape index (κ2) is 6.74. The van der Waals surface area contributed by atoms with Gasteiger partial charge >= 0.3 is 12.0 Å². The summed E-state index contributed by atoms with van der Waals surface area (Å²) in [5.41, 5.74) is 0. The SMILES string of the molecule is CCN(C(=O)N[C@H](CCSC)C(=O)O)C1CC1. The van der Waals surface area contributed by atoms with Gasteiger partial charge in [0.25, 0.3) is 0 Å². The number of carboxylic acid groups (broad SMARTS) is 1. The van der Waals surface area contributed by atoms with Gasteiger partial charge in [-0.25, -0.2) is 9.59 Å². The standard InChI is InChI=1S/C11H20N2O3S/c1-3-13(8-4-5-8)11(16)12-9(10(14)15)6-7-17-2/h8-9H,3-7H2,1-2H3,(H,12,16)(H,14,15)/t9-/m1/s1. The summed E-state index contributed by atoms with van der Waals surface area (Å²) in [4.78, 5) is 24.6. The molecule has 0 aliphatic heterocycles. The van der Waals surface area contributed by atoms with Crippen molar-refractivity contribution >= 4 is 23.8 Å². The largest absolute Gasteiger partial charge is 0.480 e. The van der Waals surface area contributed by atoms with E-state index in [-0.39, 0.29) is 6.03 Å². The Labute approximate surface area is 106 Å². The quantitative estimate of drug-likeness (QED) is 0.725. The van der Waals surface area contributed by atoms with Gasteiger partial charge in [-0.3, -0.25) is 0 Å². The van der Waals surface area contributed by atoms with Gasteiger partial charge in [-0.2, -0.15) is 11.8 Å². The zero-order valence-corrected chi connectivity index (χ0v) is 11.1. The molecule has 0 aromatic heterocycles. The molecule has 6 heteroatoms. The summed E-state index contributed by atoms with van der Waals surface area (Å²) in [7, 11) is 0. The van der Waals surface area contributed by atoms with Crippen LogP contribution in [0.3, 0.4) is 0 Å². The minimum Gasteiger partial charge on any atom is -0.480 e. The Balaban J connectivity index is 2.46. The Morgan fingerprint density at radius 1 is 1.53 bits per heavy atom. The van der Waals surface area contributed by atoms with Crippen LogP contribution in [0.4, 0.5) is 4.79 Å². The van der Waals surface area contributed by atoms with E-state index in [1.807, 2.05) is 13.2 Å². The fourth-order valence-electron chi connectivity index (χ4n) is 1.68. The van der Waals surface area contributed by atoms with Gasteiger partial charge in [0.1, 0.15) is 6.04 Å². The van der Waals surface area contributed by atoms with Crippen molar-refractivity contribution in [3.05, 3.63) is 0 Å². The Morgan fingerprint density at radius 2 is 2.18 bits per heavy atom. The van der Waals surface area contributed by atoms with Crippen LogP contribution in [0.5, 0.6) is 0 Å². The van der Waals surface area contributed by atoms with E-state index >= 15 is 0 Å². The molecule has 0 radical (unpaired) electrons. The Hall–Kier alpha value is -0.910. The second-order valence-electron chi connectivity index (χ2n) is 4.14. The summed E-state index contributed by atoms with van der Waals surface area (Å²) < 4.78 is 0. The van der Waals surface area contributed by atoms with E-state index in [9.17, 15) is 9.59 Å². The number of carbonyl (C=O) groups excluding carboxylic acids is 1. The van der Waals surface area contributed by atoms with Crippen molar-refractivity contribution in [2.45, 2.75) is 38.3 Å². The maximum absolute atomic E-state index is 11.9. The van der Waals surface area contributed by atoms with E-state index in [0.717, 1.165) is 18.6 Å². The Morgan fingerprint density at radius 3 is 2.59 bits per heavy atom. The Kier molecular flexibility index (Phi) is 5.61.